The Morgan fingerprint density at radius 2 is 1.33 bits per heavy atom. The molecule has 1 saturated heterocycles. The van der Waals surface area contributed by atoms with E-state index in [1.807, 2.05) is 30.3 Å². The fraction of sp³-hybridized carbons (Fsp3) is 0.333. The molecule has 1 fully saturated rings. The van der Waals surface area contributed by atoms with E-state index >= 15 is 0 Å². The molecule has 4 aromatic rings. The second kappa shape index (κ2) is 14.3. The van der Waals surface area contributed by atoms with Gasteiger partial charge in [-0.3, -0.25) is 9.59 Å². The zero-order valence-electron chi connectivity index (χ0n) is 25.5. The first kappa shape index (κ1) is 30.3. The van der Waals surface area contributed by atoms with Crippen molar-refractivity contribution in [1.82, 2.24) is 0 Å². The van der Waals surface area contributed by atoms with Gasteiger partial charge in [-0.25, -0.2) is 0 Å². The quantitative estimate of drug-likeness (QED) is 0.119. The third-order valence-corrected chi connectivity index (χ3v) is 8.77. The van der Waals surface area contributed by atoms with Crippen molar-refractivity contribution < 1.29 is 14.3 Å². The van der Waals surface area contributed by atoms with Crippen molar-refractivity contribution in [1.29, 1.82) is 0 Å². The Bertz CT molecular complexity index is 1410. The number of hydrogen-bond donors (Lipinski definition) is 0. The molecule has 43 heavy (non-hydrogen) atoms. The van der Waals surface area contributed by atoms with Gasteiger partial charge in [0, 0.05) is 31.1 Å². The molecule has 0 N–H and O–H groups in total. The molecule has 0 aromatic heterocycles. The summed E-state index contributed by atoms with van der Waals surface area (Å²) in [6.07, 6.45) is 3.97. The van der Waals surface area contributed by atoms with E-state index in [2.05, 4.69) is 104 Å². The molecule has 0 amide bonds. The molecule has 0 spiro atoms. The predicted octanol–water partition coefficient (Wildman–Crippen LogP) is 8.69. The molecule has 0 radical (unpaired) electrons. The molecule has 0 saturated carbocycles. The Labute approximate surface area is 256 Å². The SMILES string of the molecule is CCCC1(CCc2ccccc2)CC(=O)C(C(CC)c2cccc(N(Cc3ccccc3)Cc3ccccc3)c2)C(=O)O1. The summed E-state index contributed by atoms with van der Waals surface area (Å²) in [4.78, 5) is 30.0. The average molecular weight is 574 g/mol. The fourth-order valence-electron chi connectivity index (χ4n) is 6.60. The second-order valence-corrected chi connectivity index (χ2v) is 11.9. The number of ketones is 1. The Hall–Kier alpha value is -4.18. The zero-order chi connectivity index (χ0) is 30.1. The highest BCUT2D eigenvalue weighted by Gasteiger charge is 2.48. The van der Waals surface area contributed by atoms with Crippen LogP contribution >= 0.6 is 0 Å². The number of rotatable bonds is 13. The number of anilines is 1. The van der Waals surface area contributed by atoms with Gasteiger partial charge in [-0.05, 0) is 60.1 Å². The van der Waals surface area contributed by atoms with Gasteiger partial charge in [-0.15, -0.1) is 0 Å². The molecule has 1 heterocycles. The van der Waals surface area contributed by atoms with E-state index in [1.54, 1.807) is 0 Å². The zero-order valence-corrected chi connectivity index (χ0v) is 25.5. The van der Waals surface area contributed by atoms with Crippen LogP contribution in [-0.4, -0.2) is 17.4 Å². The Morgan fingerprint density at radius 3 is 1.86 bits per heavy atom. The number of aryl methyl sites for hydroxylation is 1. The van der Waals surface area contributed by atoms with Gasteiger partial charge >= 0.3 is 5.97 Å². The summed E-state index contributed by atoms with van der Waals surface area (Å²) in [6, 6.07) is 39.6. The smallest absolute Gasteiger partial charge is 0.317 e. The highest BCUT2D eigenvalue weighted by atomic mass is 16.6. The van der Waals surface area contributed by atoms with Crippen molar-refractivity contribution in [3.05, 3.63) is 138 Å². The van der Waals surface area contributed by atoms with Crippen molar-refractivity contribution in [2.24, 2.45) is 5.92 Å². The summed E-state index contributed by atoms with van der Waals surface area (Å²) in [6.45, 7) is 5.65. The van der Waals surface area contributed by atoms with E-state index < -0.39 is 11.5 Å². The van der Waals surface area contributed by atoms with Gasteiger partial charge in [0.05, 0.1) is 0 Å². The third kappa shape index (κ3) is 7.62. The standard InChI is InChI=1S/C39H43NO3/c1-3-24-39(25-23-30-15-8-5-9-16-30)27-36(41)37(38(42)43-39)35(4-2)33-21-14-22-34(26-33)40(28-31-17-10-6-11-18-31)29-32-19-12-7-13-20-32/h5-22,26,35,37H,3-4,23-25,27-29H2,1-2H3. The Kier molecular flexibility index (Phi) is 10.1. The third-order valence-electron chi connectivity index (χ3n) is 8.77. The van der Waals surface area contributed by atoms with Crippen LogP contribution in [0.5, 0.6) is 0 Å². The summed E-state index contributed by atoms with van der Waals surface area (Å²) < 4.78 is 6.29. The number of carbonyl (C=O) groups excluding carboxylic acids is 2. The van der Waals surface area contributed by atoms with E-state index in [4.69, 9.17) is 4.74 Å². The van der Waals surface area contributed by atoms with Gasteiger partial charge < -0.3 is 9.64 Å². The number of hydrogen-bond acceptors (Lipinski definition) is 4. The van der Waals surface area contributed by atoms with Gasteiger partial charge in [0.1, 0.15) is 11.5 Å². The molecule has 222 valence electrons. The van der Waals surface area contributed by atoms with Crippen LogP contribution in [0.4, 0.5) is 5.69 Å². The maximum Gasteiger partial charge on any atom is 0.317 e. The molecule has 4 aromatic carbocycles. The van der Waals surface area contributed by atoms with E-state index in [0.717, 1.165) is 37.2 Å². The first-order valence-electron chi connectivity index (χ1n) is 15.7. The first-order valence-corrected chi connectivity index (χ1v) is 15.7. The minimum atomic E-state index is -0.779. The number of Topliss-reactive ketones (excluding diaryl/α,β-unsaturated/α-hetero) is 1. The van der Waals surface area contributed by atoms with Gasteiger partial charge in [-0.2, -0.15) is 0 Å². The number of cyclic esters (lactones) is 1. The number of nitrogens with zero attached hydrogens (tertiary/aromatic N) is 1. The molecule has 5 rings (SSSR count). The normalized spacial score (nSPS) is 19.1. The molecule has 4 nitrogen and oxygen atoms in total. The summed E-state index contributed by atoms with van der Waals surface area (Å²) in [5.74, 6) is -1.36. The minimum Gasteiger partial charge on any atom is -0.458 e. The molecular formula is C39H43NO3. The molecule has 0 aliphatic carbocycles. The predicted molar refractivity (Wildman–Crippen MR) is 174 cm³/mol. The number of carbonyl (C=O) groups is 2. The number of benzene rings is 4. The van der Waals surface area contributed by atoms with Gasteiger partial charge in [-0.1, -0.05) is 123 Å². The van der Waals surface area contributed by atoms with E-state index in [1.165, 1.54) is 16.7 Å². The Morgan fingerprint density at radius 1 is 0.744 bits per heavy atom. The van der Waals surface area contributed by atoms with Crippen molar-refractivity contribution in [3.8, 4) is 0 Å². The van der Waals surface area contributed by atoms with Crippen LogP contribution in [0.3, 0.4) is 0 Å². The minimum absolute atomic E-state index is 0.0143. The largest absolute Gasteiger partial charge is 0.458 e. The van der Waals surface area contributed by atoms with Crippen LogP contribution in [0.25, 0.3) is 0 Å². The van der Waals surface area contributed by atoms with E-state index in [9.17, 15) is 9.59 Å². The summed E-state index contributed by atoms with van der Waals surface area (Å²) in [7, 11) is 0. The summed E-state index contributed by atoms with van der Waals surface area (Å²) >= 11 is 0. The summed E-state index contributed by atoms with van der Waals surface area (Å²) in [5.41, 5.74) is 5.01. The number of ether oxygens (including phenoxy) is 1. The lowest BCUT2D eigenvalue weighted by molar-refractivity contribution is -0.180. The maximum atomic E-state index is 13.9. The lowest BCUT2D eigenvalue weighted by Gasteiger charge is -2.41. The van der Waals surface area contributed by atoms with Crippen LogP contribution in [0.15, 0.2) is 115 Å². The molecule has 4 heteroatoms. The van der Waals surface area contributed by atoms with Gasteiger partial charge in [0.25, 0.3) is 0 Å². The first-order chi connectivity index (χ1) is 21.0. The van der Waals surface area contributed by atoms with Gasteiger partial charge in [0.2, 0.25) is 0 Å². The molecule has 1 aliphatic heterocycles. The van der Waals surface area contributed by atoms with Crippen LogP contribution < -0.4 is 4.90 Å². The van der Waals surface area contributed by atoms with Crippen LogP contribution in [0, 0.1) is 5.92 Å². The summed E-state index contributed by atoms with van der Waals surface area (Å²) in [5, 5.41) is 0. The lowest BCUT2D eigenvalue weighted by atomic mass is 9.74. The fourth-order valence-corrected chi connectivity index (χ4v) is 6.60. The Balaban J connectivity index is 1.38. The van der Waals surface area contributed by atoms with Crippen molar-refractivity contribution in [2.75, 3.05) is 4.90 Å². The number of esters is 1. The topological polar surface area (TPSA) is 46.6 Å². The van der Waals surface area contributed by atoms with Crippen LogP contribution in [0.2, 0.25) is 0 Å². The van der Waals surface area contributed by atoms with E-state index in [0.29, 0.717) is 19.3 Å². The highest BCUT2D eigenvalue weighted by Crippen LogP contribution is 2.41. The lowest BCUT2D eigenvalue weighted by Crippen LogP contribution is -2.49. The molecule has 3 unspecified atom stereocenters. The molecule has 3 atom stereocenters. The average Bonchev–Trinajstić information content (AvgIpc) is 3.03. The van der Waals surface area contributed by atoms with Gasteiger partial charge in [0.15, 0.2) is 5.78 Å². The molecule has 1 aliphatic rings. The highest BCUT2D eigenvalue weighted by molar-refractivity contribution is 6.02. The van der Waals surface area contributed by atoms with Crippen LogP contribution in [-0.2, 0) is 33.8 Å². The second-order valence-electron chi connectivity index (χ2n) is 11.9. The van der Waals surface area contributed by atoms with Crippen molar-refractivity contribution in [2.45, 2.75) is 77.0 Å². The maximum absolute atomic E-state index is 13.9. The van der Waals surface area contributed by atoms with Crippen LogP contribution in [0.1, 0.15) is 74.1 Å². The van der Waals surface area contributed by atoms with Crippen molar-refractivity contribution >= 4 is 17.4 Å². The molecular weight excluding hydrogens is 530 g/mol. The van der Waals surface area contributed by atoms with Crippen molar-refractivity contribution in [3.63, 3.8) is 0 Å². The molecule has 0 bridgehead atoms. The van der Waals surface area contributed by atoms with E-state index in [-0.39, 0.29) is 24.1 Å². The monoisotopic (exact) mass is 573 g/mol.